The summed E-state index contributed by atoms with van der Waals surface area (Å²) in [5, 5.41) is 3.43. The summed E-state index contributed by atoms with van der Waals surface area (Å²) in [7, 11) is -3.68. The lowest BCUT2D eigenvalue weighted by Gasteiger charge is -2.30. The molecule has 0 heterocycles. The van der Waals surface area contributed by atoms with Crippen LogP contribution in [0, 0.1) is 0 Å². The first-order valence-electron chi connectivity index (χ1n) is 11.1. The molecule has 1 atom stereocenters. The second-order valence-corrected chi connectivity index (χ2v) is 12.2. The molecule has 0 spiro atoms. The molecule has 7 nitrogen and oxygen atoms in total. The number of benzene rings is 2. The van der Waals surface area contributed by atoms with Crippen LogP contribution >= 0.6 is 39.1 Å². The van der Waals surface area contributed by atoms with Crippen LogP contribution in [0.15, 0.2) is 46.9 Å². The molecule has 2 aromatic carbocycles. The van der Waals surface area contributed by atoms with E-state index in [2.05, 4.69) is 21.2 Å². The molecule has 2 rings (SSSR count). The van der Waals surface area contributed by atoms with Gasteiger partial charge < -0.3 is 10.2 Å². The Bertz CT molecular complexity index is 1160. The van der Waals surface area contributed by atoms with Crippen molar-refractivity contribution in [3.05, 3.63) is 62.5 Å². The van der Waals surface area contributed by atoms with Crippen LogP contribution in [0.3, 0.4) is 0 Å². The summed E-state index contributed by atoms with van der Waals surface area (Å²) >= 11 is 15.7. The average Bonchev–Trinajstić information content (AvgIpc) is 2.75. The van der Waals surface area contributed by atoms with E-state index >= 15 is 0 Å². The molecule has 0 unspecified atom stereocenters. The van der Waals surface area contributed by atoms with Crippen LogP contribution in [0.25, 0.3) is 0 Å². The van der Waals surface area contributed by atoms with Gasteiger partial charge in [0, 0.05) is 35.0 Å². The van der Waals surface area contributed by atoms with Crippen molar-refractivity contribution in [2.75, 3.05) is 17.1 Å². The fourth-order valence-corrected chi connectivity index (χ4v) is 5.33. The van der Waals surface area contributed by atoms with E-state index in [1.54, 1.807) is 13.0 Å². The fourth-order valence-electron chi connectivity index (χ4n) is 3.48. The first kappa shape index (κ1) is 29.4. The van der Waals surface area contributed by atoms with E-state index in [1.165, 1.54) is 17.0 Å². The normalized spacial score (nSPS) is 12.3. The maximum atomic E-state index is 13.3. The molecule has 0 fully saturated rings. The molecule has 11 heteroatoms. The minimum absolute atomic E-state index is 0.0297. The molecular weight excluding hydrogens is 577 g/mol. The van der Waals surface area contributed by atoms with Gasteiger partial charge in [-0.05, 0) is 63.1 Å². The van der Waals surface area contributed by atoms with Gasteiger partial charge >= 0.3 is 0 Å². The Morgan fingerprint density at radius 2 is 1.77 bits per heavy atom. The summed E-state index contributed by atoms with van der Waals surface area (Å²) in [6, 6.07) is 11.3. The number of carbonyl (C=O) groups excluding carboxylic acids is 2. The summed E-state index contributed by atoms with van der Waals surface area (Å²) in [5.74, 6) is -0.520. The summed E-state index contributed by atoms with van der Waals surface area (Å²) in [5.41, 5.74) is 1.12. The van der Waals surface area contributed by atoms with E-state index in [-0.39, 0.29) is 54.5 Å². The Morgan fingerprint density at radius 3 is 2.37 bits per heavy atom. The van der Waals surface area contributed by atoms with E-state index in [0.717, 1.165) is 20.6 Å². The van der Waals surface area contributed by atoms with Crippen molar-refractivity contribution in [3.63, 3.8) is 0 Å². The number of halogens is 3. The van der Waals surface area contributed by atoms with Gasteiger partial charge in [-0.1, -0.05) is 51.3 Å². The number of anilines is 1. The van der Waals surface area contributed by atoms with Crippen LogP contribution in [-0.2, 0) is 26.2 Å². The fraction of sp³-hybridized carbons (Fsp3) is 0.417. The maximum Gasteiger partial charge on any atom is 0.242 e. The zero-order valence-electron chi connectivity index (χ0n) is 20.1. The topological polar surface area (TPSA) is 86.8 Å². The van der Waals surface area contributed by atoms with Crippen molar-refractivity contribution in [1.82, 2.24) is 10.2 Å². The number of rotatable bonds is 11. The van der Waals surface area contributed by atoms with Crippen LogP contribution < -0.4 is 9.62 Å². The third kappa shape index (κ3) is 8.97. The molecule has 192 valence electrons. The molecule has 0 bridgehead atoms. The third-order valence-corrected chi connectivity index (χ3v) is 7.40. The molecule has 0 aliphatic carbocycles. The van der Waals surface area contributed by atoms with Gasteiger partial charge in [-0.15, -0.1) is 0 Å². The van der Waals surface area contributed by atoms with Crippen LogP contribution in [0.5, 0.6) is 0 Å². The smallest absolute Gasteiger partial charge is 0.242 e. The second-order valence-electron chi connectivity index (χ2n) is 8.53. The predicted octanol–water partition coefficient (Wildman–Crippen LogP) is 5.24. The highest BCUT2D eigenvalue weighted by Crippen LogP contribution is 2.31. The van der Waals surface area contributed by atoms with E-state index in [1.807, 2.05) is 38.1 Å². The molecule has 0 aliphatic heterocycles. The van der Waals surface area contributed by atoms with Gasteiger partial charge in [-0.25, -0.2) is 8.42 Å². The standard InChI is InChI=1S/C24H30BrCl2N3O4S/c1-16(2)28-24(32)17(3)29(15-18-7-5-8-19(25)13-18)23(31)9-6-12-30(35(4,33)34)22-14-20(26)10-11-21(22)27/h5,7-8,10-11,13-14,16-17H,6,9,12,15H2,1-4H3,(H,28,32)/t17-/m0/s1. The lowest BCUT2D eigenvalue weighted by atomic mass is 10.1. The quantitative estimate of drug-likeness (QED) is 0.379. The highest BCUT2D eigenvalue weighted by atomic mass is 79.9. The van der Waals surface area contributed by atoms with Gasteiger partial charge in [0.15, 0.2) is 0 Å². The van der Waals surface area contributed by atoms with Gasteiger partial charge in [0.2, 0.25) is 21.8 Å². The summed E-state index contributed by atoms with van der Waals surface area (Å²) in [4.78, 5) is 27.5. The molecule has 2 aromatic rings. The van der Waals surface area contributed by atoms with Gasteiger partial charge in [0.25, 0.3) is 0 Å². The zero-order chi connectivity index (χ0) is 26.3. The highest BCUT2D eigenvalue weighted by molar-refractivity contribution is 9.10. The molecule has 35 heavy (non-hydrogen) atoms. The molecular formula is C24H30BrCl2N3O4S. The average molecular weight is 607 g/mol. The SMILES string of the molecule is CC(C)NC(=O)[C@H](C)N(Cc1cccc(Br)c1)C(=O)CCCN(c1cc(Cl)ccc1Cl)S(C)(=O)=O. The molecule has 0 aromatic heterocycles. The van der Waals surface area contributed by atoms with Crippen LogP contribution in [0.2, 0.25) is 10.0 Å². The van der Waals surface area contributed by atoms with Crippen molar-refractivity contribution in [1.29, 1.82) is 0 Å². The Kier molecular flexibility index (Phi) is 10.9. The Morgan fingerprint density at radius 1 is 1.09 bits per heavy atom. The number of sulfonamides is 1. The second kappa shape index (κ2) is 12.9. The predicted molar refractivity (Wildman–Crippen MR) is 145 cm³/mol. The number of hydrogen-bond acceptors (Lipinski definition) is 4. The number of carbonyl (C=O) groups is 2. The van der Waals surface area contributed by atoms with Crippen molar-refractivity contribution in [3.8, 4) is 0 Å². The van der Waals surface area contributed by atoms with E-state index in [4.69, 9.17) is 23.2 Å². The summed E-state index contributed by atoms with van der Waals surface area (Å²) in [6.45, 7) is 5.66. The van der Waals surface area contributed by atoms with Gasteiger partial charge in [0.1, 0.15) is 6.04 Å². The van der Waals surface area contributed by atoms with Gasteiger partial charge in [-0.2, -0.15) is 0 Å². The van der Waals surface area contributed by atoms with Crippen molar-refractivity contribution >= 4 is 66.7 Å². The highest BCUT2D eigenvalue weighted by Gasteiger charge is 2.27. The van der Waals surface area contributed by atoms with Crippen molar-refractivity contribution < 1.29 is 18.0 Å². The molecule has 0 saturated heterocycles. The number of amides is 2. The number of nitrogens with zero attached hydrogens (tertiary/aromatic N) is 2. The lowest BCUT2D eigenvalue weighted by Crippen LogP contribution is -2.49. The number of nitrogens with one attached hydrogen (secondary N) is 1. The Balaban J connectivity index is 2.21. The van der Waals surface area contributed by atoms with Crippen LogP contribution in [0.4, 0.5) is 5.69 Å². The summed E-state index contributed by atoms with van der Waals surface area (Å²) in [6.07, 6.45) is 1.34. The largest absolute Gasteiger partial charge is 0.352 e. The third-order valence-electron chi connectivity index (χ3n) is 5.17. The summed E-state index contributed by atoms with van der Waals surface area (Å²) < 4.78 is 26.9. The lowest BCUT2D eigenvalue weighted by molar-refractivity contribution is -0.140. The number of hydrogen-bond donors (Lipinski definition) is 1. The Hall–Kier alpha value is -1.81. The molecule has 2 amide bonds. The zero-order valence-corrected chi connectivity index (χ0v) is 24.0. The van der Waals surface area contributed by atoms with Gasteiger partial charge in [0.05, 0.1) is 17.0 Å². The first-order chi connectivity index (χ1) is 16.3. The molecule has 0 saturated carbocycles. The van der Waals surface area contributed by atoms with Crippen molar-refractivity contribution in [2.45, 2.75) is 52.2 Å². The molecule has 0 aliphatic rings. The van der Waals surface area contributed by atoms with E-state index in [0.29, 0.717) is 5.02 Å². The first-order valence-corrected chi connectivity index (χ1v) is 14.5. The van der Waals surface area contributed by atoms with Crippen LogP contribution in [0.1, 0.15) is 39.2 Å². The molecule has 1 N–H and O–H groups in total. The minimum atomic E-state index is -3.68. The van der Waals surface area contributed by atoms with E-state index < -0.39 is 16.1 Å². The van der Waals surface area contributed by atoms with Crippen molar-refractivity contribution in [2.24, 2.45) is 0 Å². The van der Waals surface area contributed by atoms with Gasteiger partial charge in [-0.3, -0.25) is 13.9 Å². The Labute approximate surface area is 225 Å². The van der Waals surface area contributed by atoms with E-state index in [9.17, 15) is 18.0 Å². The molecule has 0 radical (unpaired) electrons. The monoisotopic (exact) mass is 605 g/mol. The maximum absolute atomic E-state index is 13.3. The minimum Gasteiger partial charge on any atom is -0.352 e. The van der Waals surface area contributed by atoms with Crippen LogP contribution in [-0.4, -0.2) is 50.0 Å².